The van der Waals surface area contributed by atoms with E-state index in [9.17, 15) is 4.79 Å². The molecule has 1 aliphatic carbocycles. The van der Waals surface area contributed by atoms with Crippen LogP contribution < -0.4 is 0 Å². The first-order valence-electron chi connectivity index (χ1n) is 6.43. The average Bonchev–Trinajstić information content (AvgIpc) is 2.88. The Morgan fingerprint density at radius 3 is 2.94 bits per heavy atom. The summed E-state index contributed by atoms with van der Waals surface area (Å²) in [6, 6.07) is 4.30. The van der Waals surface area contributed by atoms with Gasteiger partial charge in [0.1, 0.15) is 0 Å². The molecule has 0 atom stereocenters. The number of aryl methyl sites for hydroxylation is 2. The molecule has 1 aromatic heterocycles. The number of rotatable bonds is 4. The van der Waals surface area contributed by atoms with E-state index in [1.165, 1.54) is 16.9 Å². The van der Waals surface area contributed by atoms with Crippen molar-refractivity contribution in [3.63, 3.8) is 0 Å². The van der Waals surface area contributed by atoms with Gasteiger partial charge in [-0.05, 0) is 44.7 Å². The Labute approximate surface area is 112 Å². The maximum Gasteiger partial charge on any atom is 0.264 e. The molecule has 0 bridgehead atoms. The number of nitriles is 1. The van der Waals surface area contributed by atoms with Gasteiger partial charge < -0.3 is 4.90 Å². The third-order valence-electron chi connectivity index (χ3n) is 3.31. The van der Waals surface area contributed by atoms with E-state index in [-0.39, 0.29) is 11.9 Å². The van der Waals surface area contributed by atoms with Gasteiger partial charge in [-0.1, -0.05) is 0 Å². The van der Waals surface area contributed by atoms with E-state index in [1.54, 1.807) is 16.2 Å². The number of hydrogen-bond donors (Lipinski definition) is 0. The molecule has 96 valence electrons. The second kappa shape index (κ2) is 5.53. The molecule has 0 aromatic carbocycles. The first-order valence-corrected chi connectivity index (χ1v) is 7.24. The highest BCUT2D eigenvalue weighted by atomic mass is 32.1. The first kappa shape index (κ1) is 13.1. The molecule has 0 aliphatic heterocycles. The van der Waals surface area contributed by atoms with Gasteiger partial charge in [0.15, 0.2) is 0 Å². The van der Waals surface area contributed by atoms with E-state index in [0.717, 1.165) is 17.7 Å². The topological polar surface area (TPSA) is 44.1 Å². The van der Waals surface area contributed by atoms with Crippen LogP contribution in [0.4, 0.5) is 0 Å². The second-order valence-corrected chi connectivity index (χ2v) is 6.05. The summed E-state index contributed by atoms with van der Waals surface area (Å²) in [5.74, 6) is 0.0830. The summed E-state index contributed by atoms with van der Waals surface area (Å²) in [7, 11) is 0. The minimum absolute atomic E-state index is 0.0830. The van der Waals surface area contributed by atoms with Crippen molar-refractivity contribution in [2.75, 3.05) is 6.54 Å². The zero-order valence-electron chi connectivity index (χ0n) is 10.9. The lowest BCUT2D eigenvalue weighted by Crippen LogP contribution is -2.37. The van der Waals surface area contributed by atoms with Crippen LogP contribution in [0.15, 0.2) is 6.07 Å². The van der Waals surface area contributed by atoms with Gasteiger partial charge in [0.25, 0.3) is 5.91 Å². The Morgan fingerprint density at radius 1 is 1.56 bits per heavy atom. The molecular formula is C14H18N2OS. The van der Waals surface area contributed by atoms with Crippen molar-refractivity contribution in [1.82, 2.24) is 4.90 Å². The summed E-state index contributed by atoms with van der Waals surface area (Å²) in [4.78, 5) is 16.4. The Hall–Kier alpha value is -1.34. The molecule has 3 nitrogen and oxygen atoms in total. The van der Waals surface area contributed by atoms with Crippen molar-refractivity contribution < 1.29 is 4.79 Å². The van der Waals surface area contributed by atoms with Gasteiger partial charge in [-0.25, -0.2) is 0 Å². The average molecular weight is 262 g/mol. The summed E-state index contributed by atoms with van der Waals surface area (Å²) in [6.45, 7) is 4.52. The van der Waals surface area contributed by atoms with E-state index in [4.69, 9.17) is 5.26 Å². The Kier molecular flexibility index (Phi) is 4.03. The fourth-order valence-corrected chi connectivity index (χ4v) is 3.55. The lowest BCUT2D eigenvalue weighted by Gasteiger charge is -2.25. The van der Waals surface area contributed by atoms with Crippen molar-refractivity contribution in [1.29, 1.82) is 5.26 Å². The third kappa shape index (κ3) is 2.56. The number of fused-ring (bicyclic) bond motifs is 1. The van der Waals surface area contributed by atoms with Crippen LogP contribution in [-0.2, 0) is 12.8 Å². The fourth-order valence-electron chi connectivity index (χ4n) is 2.34. The lowest BCUT2D eigenvalue weighted by atomic mass is 10.2. The summed E-state index contributed by atoms with van der Waals surface area (Å²) in [5, 5.41) is 8.66. The second-order valence-electron chi connectivity index (χ2n) is 4.91. The summed E-state index contributed by atoms with van der Waals surface area (Å²) in [5.41, 5.74) is 1.35. The van der Waals surface area contributed by atoms with Gasteiger partial charge in [0.05, 0.1) is 17.4 Å². The van der Waals surface area contributed by atoms with Gasteiger partial charge >= 0.3 is 0 Å². The van der Waals surface area contributed by atoms with Gasteiger partial charge in [-0.15, -0.1) is 11.3 Å². The Morgan fingerprint density at radius 2 is 2.33 bits per heavy atom. The predicted molar refractivity (Wildman–Crippen MR) is 72.7 cm³/mol. The maximum atomic E-state index is 12.4. The van der Waals surface area contributed by atoms with Crippen LogP contribution in [-0.4, -0.2) is 23.4 Å². The monoisotopic (exact) mass is 262 g/mol. The van der Waals surface area contributed by atoms with E-state index in [1.807, 2.05) is 13.8 Å². The van der Waals surface area contributed by atoms with E-state index < -0.39 is 0 Å². The van der Waals surface area contributed by atoms with Crippen LogP contribution in [0, 0.1) is 11.3 Å². The molecule has 0 spiro atoms. The van der Waals surface area contributed by atoms with Crippen LogP contribution >= 0.6 is 11.3 Å². The number of carbonyl (C=O) groups is 1. The largest absolute Gasteiger partial charge is 0.334 e. The van der Waals surface area contributed by atoms with Gasteiger partial charge in [0.2, 0.25) is 0 Å². The van der Waals surface area contributed by atoms with Crippen molar-refractivity contribution in [3.8, 4) is 6.07 Å². The predicted octanol–water partition coefficient (Wildman–Crippen LogP) is 3.00. The number of thiophene rings is 1. The third-order valence-corrected chi connectivity index (χ3v) is 4.53. The summed E-state index contributed by atoms with van der Waals surface area (Å²) >= 11 is 1.64. The van der Waals surface area contributed by atoms with Crippen LogP contribution in [0.2, 0.25) is 0 Å². The highest BCUT2D eigenvalue weighted by Crippen LogP contribution is 2.31. The molecule has 1 aliphatic rings. The van der Waals surface area contributed by atoms with Crippen molar-refractivity contribution in [2.45, 2.75) is 45.6 Å². The number of carbonyl (C=O) groups excluding carboxylic acids is 1. The molecule has 0 unspecified atom stereocenters. The van der Waals surface area contributed by atoms with Crippen molar-refractivity contribution >= 4 is 17.2 Å². The minimum atomic E-state index is 0.0830. The molecule has 1 heterocycles. The van der Waals surface area contributed by atoms with Gasteiger partial charge in [0, 0.05) is 17.5 Å². The number of nitrogens with zero attached hydrogens (tertiary/aromatic N) is 2. The summed E-state index contributed by atoms with van der Waals surface area (Å²) < 4.78 is 0. The normalized spacial score (nSPS) is 13.4. The standard InChI is InChI=1S/C14H18N2OS/c1-10(2)16(8-4-7-15)14(17)13-9-11-5-3-6-12(11)18-13/h9-10H,3-6,8H2,1-2H3. The highest BCUT2D eigenvalue weighted by molar-refractivity contribution is 7.14. The fraction of sp³-hybridized carbons (Fsp3) is 0.571. The maximum absolute atomic E-state index is 12.4. The molecular weight excluding hydrogens is 244 g/mol. The summed E-state index contributed by atoms with van der Waals surface area (Å²) in [6.07, 6.45) is 3.85. The molecule has 1 aromatic rings. The van der Waals surface area contributed by atoms with E-state index >= 15 is 0 Å². The molecule has 1 amide bonds. The molecule has 2 rings (SSSR count). The lowest BCUT2D eigenvalue weighted by molar-refractivity contribution is 0.0715. The Balaban J connectivity index is 2.14. The van der Waals surface area contributed by atoms with Crippen molar-refractivity contribution in [3.05, 3.63) is 21.4 Å². The molecule has 0 radical (unpaired) electrons. The molecule has 0 N–H and O–H groups in total. The quantitative estimate of drug-likeness (QED) is 0.837. The Bertz CT molecular complexity index is 463. The minimum Gasteiger partial charge on any atom is -0.334 e. The van der Waals surface area contributed by atoms with Crippen LogP contribution in [0.3, 0.4) is 0 Å². The molecule has 4 heteroatoms. The number of hydrogen-bond acceptors (Lipinski definition) is 3. The van der Waals surface area contributed by atoms with Gasteiger partial charge in [-0.2, -0.15) is 5.26 Å². The van der Waals surface area contributed by atoms with E-state index in [2.05, 4.69) is 12.1 Å². The SMILES string of the molecule is CC(C)N(CCC#N)C(=O)c1cc2c(s1)CCC2. The molecule has 18 heavy (non-hydrogen) atoms. The van der Waals surface area contributed by atoms with Gasteiger partial charge in [-0.3, -0.25) is 4.79 Å². The molecule has 0 saturated heterocycles. The zero-order chi connectivity index (χ0) is 13.1. The van der Waals surface area contributed by atoms with Crippen LogP contribution in [0.1, 0.15) is 46.8 Å². The molecule has 0 saturated carbocycles. The number of amides is 1. The molecule has 0 fully saturated rings. The van der Waals surface area contributed by atoms with Crippen LogP contribution in [0.25, 0.3) is 0 Å². The van der Waals surface area contributed by atoms with Crippen LogP contribution in [0.5, 0.6) is 0 Å². The van der Waals surface area contributed by atoms with Crippen molar-refractivity contribution in [2.24, 2.45) is 0 Å². The zero-order valence-corrected chi connectivity index (χ0v) is 11.7. The smallest absolute Gasteiger partial charge is 0.264 e. The highest BCUT2D eigenvalue weighted by Gasteiger charge is 2.23. The first-order chi connectivity index (χ1) is 8.63. The van der Waals surface area contributed by atoms with E-state index in [0.29, 0.717) is 13.0 Å².